The molecule has 1 aromatic carbocycles. The van der Waals surface area contributed by atoms with E-state index in [0.29, 0.717) is 25.4 Å². The van der Waals surface area contributed by atoms with Gasteiger partial charge in [-0.1, -0.05) is 36.4 Å². The van der Waals surface area contributed by atoms with Crippen LogP contribution in [0.5, 0.6) is 5.88 Å². The van der Waals surface area contributed by atoms with Gasteiger partial charge in [-0.15, -0.1) is 24.0 Å². The van der Waals surface area contributed by atoms with Crippen LogP contribution in [0.25, 0.3) is 0 Å². The monoisotopic (exact) mass is 537 g/mol. The molecule has 168 valence electrons. The Morgan fingerprint density at radius 3 is 2.77 bits per heavy atom. The molecule has 8 heteroatoms. The average Bonchev–Trinajstić information content (AvgIpc) is 3.14. The van der Waals surface area contributed by atoms with Crippen molar-refractivity contribution in [2.45, 2.75) is 26.3 Å². The number of rotatable bonds is 9. The summed E-state index contributed by atoms with van der Waals surface area (Å²) in [6, 6.07) is 14.1. The van der Waals surface area contributed by atoms with E-state index in [1.54, 1.807) is 13.3 Å². The Morgan fingerprint density at radius 1 is 1.23 bits per heavy atom. The Labute approximate surface area is 201 Å². The van der Waals surface area contributed by atoms with Crippen molar-refractivity contribution < 1.29 is 9.53 Å². The minimum atomic E-state index is 0. The first-order valence-corrected chi connectivity index (χ1v) is 10.5. The summed E-state index contributed by atoms with van der Waals surface area (Å²) in [5, 5.41) is 6.65. The molecule has 1 saturated heterocycles. The number of nitrogens with zero attached hydrogens (tertiary/aromatic N) is 3. The lowest BCUT2D eigenvalue weighted by atomic mass is 10.1. The number of ether oxygens (including phenoxy) is 1. The molecule has 2 aromatic rings. The van der Waals surface area contributed by atoms with Crippen LogP contribution in [0.2, 0.25) is 0 Å². The molecule has 1 fully saturated rings. The number of likely N-dealkylation sites (tertiary alicyclic amines) is 1. The van der Waals surface area contributed by atoms with Gasteiger partial charge in [0.25, 0.3) is 0 Å². The predicted molar refractivity (Wildman–Crippen MR) is 134 cm³/mol. The van der Waals surface area contributed by atoms with Gasteiger partial charge in [-0.05, 0) is 25.0 Å². The third-order valence-corrected chi connectivity index (χ3v) is 5.16. The van der Waals surface area contributed by atoms with E-state index in [1.807, 2.05) is 42.2 Å². The van der Waals surface area contributed by atoms with Crippen molar-refractivity contribution in [1.82, 2.24) is 20.5 Å². The van der Waals surface area contributed by atoms with Crippen molar-refractivity contribution >= 4 is 35.8 Å². The SMILES string of the molecule is CCNC(=NCc1cccnc1OC)NCC1CC(=O)N(CCc2ccccc2)C1.I. The van der Waals surface area contributed by atoms with Gasteiger partial charge in [0.05, 0.1) is 13.7 Å². The summed E-state index contributed by atoms with van der Waals surface area (Å²) in [5.74, 6) is 1.84. The van der Waals surface area contributed by atoms with Crippen molar-refractivity contribution in [2.24, 2.45) is 10.9 Å². The number of carbonyl (C=O) groups excluding carboxylic acids is 1. The fraction of sp³-hybridized carbons (Fsp3) is 0.435. The number of methoxy groups -OCH3 is 1. The van der Waals surface area contributed by atoms with Gasteiger partial charge in [-0.25, -0.2) is 9.98 Å². The standard InChI is InChI=1S/C23H31N5O2.HI/c1-3-24-23(27-16-20-10-7-12-25-22(20)30-2)26-15-19-14-21(29)28(17-19)13-11-18-8-5-4-6-9-18;/h4-10,12,19H,3,11,13-17H2,1-2H3,(H2,24,26,27);1H. The van der Waals surface area contributed by atoms with E-state index in [1.165, 1.54) is 5.56 Å². The smallest absolute Gasteiger partial charge is 0.223 e. The lowest BCUT2D eigenvalue weighted by Gasteiger charge is -2.18. The highest BCUT2D eigenvalue weighted by Crippen LogP contribution is 2.18. The van der Waals surface area contributed by atoms with Crippen LogP contribution in [0.15, 0.2) is 53.7 Å². The Hall–Kier alpha value is -2.36. The summed E-state index contributed by atoms with van der Waals surface area (Å²) < 4.78 is 5.29. The Balaban J connectivity index is 0.00000341. The third kappa shape index (κ3) is 7.68. The zero-order valence-corrected chi connectivity index (χ0v) is 20.5. The average molecular weight is 537 g/mol. The van der Waals surface area contributed by atoms with E-state index in [4.69, 9.17) is 4.74 Å². The molecule has 1 atom stereocenters. The minimum absolute atomic E-state index is 0. The number of amides is 1. The van der Waals surface area contributed by atoms with Crippen LogP contribution in [0, 0.1) is 5.92 Å². The van der Waals surface area contributed by atoms with Crippen molar-refractivity contribution in [2.75, 3.05) is 33.3 Å². The molecule has 0 saturated carbocycles. The van der Waals surface area contributed by atoms with E-state index in [0.717, 1.165) is 37.6 Å². The van der Waals surface area contributed by atoms with Gasteiger partial charge in [0.2, 0.25) is 11.8 Å². The Bertz CT molecular complexity index is 847. The van der Waals surface area contributed by atoms with Crippen molar-refractivity contribution in [3.8, 4) is 5.88 Å². The van der Waals surface area contributed by atoms with Crippen LogP contribution in [0.3, 0.4) is 0 Å². The van der Waals surface area contributed by atoms with Crippen LogP contribution in [-0.2, 0) is 17.8 Å². The first-order chi connectivity index (χ1) is 14.7. The zero-order chi connectivity index (χ0) is 21.2. The molecular formula is C23H32IN5O2. The highest BCUT2D eigenvalue weighted by atomic mass is 127. The molecule has 1 aliphatic rings. The maximum absolute atomic E-state index is 12.4. The molecule has 1 aliphatic heterocycles. The first kappa shape index (κ1) is 24.9. The number of hydrogen-bond acceptors (Lipinski definition) is 4. The molecule has 0 bridgehead atoms. The van der Waals surface area contributed by atoms with E-state index >= 15 is 0 Å². The quantitative estimate of drug-likeness (QED) is 0.292. The molecule has 1 amide bonds. The van der Waals surface area contributed by atoms with Crippen LogP contribution < -0.4 is 15.4 Å². The second-order valence-electron chi connectivity index (χ2n) is 7.39. The van der Waals surface area contributed by atoms with Crippen LogP contribution in [-0.4, -0.2) is 55.0 Å². The Kier molecular flexibility index (Phi) is 10.6. The summed E-state index contributed by atoms with van der Waals surface area (Å²) in [5.41, 5.74) is 2.19. The fourth-order valence-corrected chi connectivity index (χ4v) is 3.59. The van der Waals surface area contributed by atoms with Crippen LogP contribution >= 0.6 is 24.0 Å². The van der Waals surface area contributed by atoms with Gasteiger partial charge in [0, 0.05) is 50.3 Å². The molecule has 7 nitrogen and oxygen atoms in total. The summed E-state index contributed by atoms with van der Waals surface area (Å²) in [6.07, 6.45) is 3.18. The zero-order valence-electron chi connectivity index (χ0n) is 18.2. The van der Waals surface area contributed by atoms with Crippen LogP contribution in [0.4, 0.5) is 0 Å². The van der Waals surface area contributed by atoms with Crippen molar-refractivity contribution in [3.63, 3.8) is 0 Å². The first-order valence-electron chi connectivity index (χ1n) is 10.5. The van der Waals surface area contributed by atoms with E-state index in [-0.39, 0.29) is 35.8 Å². The molecule has 1 unspecified atom stereocenters. The normalized spacial score (nSPS) is 16.1. The number of carbonyl (C=O) groups is 1. The van der Waals surface area contributed by atoms with Gasteiger partial charge < -0.3 is 20.3 Å². The lowest BCUT2D eigenvalue weighted by Crippen LogP contribution is -2.40. The molecule has 2 N–H and O–H groups in total. The van der Waals surface area contributed by atoms with E-state index < -0.39 is 0 Å². The molecule has 31 heavy (non-hydrogen) atoms. The highest BCUT2D eigenvalue weighted by molar-refractivity contribution is 14.0. The summed E-state index contributed by atoms with van der Waals surface area (Å²) in [7, 11) is 1.61. The van der Waals surface area contributed by atoms with Gasteiger partial charge in [-0.3, -0.25) is 4.79 Å². The number of aliphatic imine (C=N–C) groups is 1. The number of pyridine rings is 1. The van der Waals surface area contributed by atoms with Crippen molar-refractivity contribution in [1.29, 1.82) is 0 Å². The molecule has 2 heterocycles. The lowest BCUT2D eigenvalue weighted by molar-refractivity contribution is -0.127. The van der Waals surface area contributed by atoms with E-state index in [2.05, 4.69) is 32.7 Å². The third-order valence-electron chi connectivity index (χ3n) is 5.16. The fourth-order valence-electron chi connectivity index (χ4n) is 3.59. The highest BCUT2D eigenvalue weighted by Gasteiger charge is 2.29. The summed E-state index contributed by atoms with van der Waals surface area (Å²) in [6.45, 7) is 5.54. The largest absolute Gasteiger partial charge is 0.481 e. The number of nitrogens with one attached hydrogen (secondary N) is 2. The summed E-state index contributed by atoms with van der Waals surface area (Å²) >= 11 is 0. The van der Waals surface area contributed by atoms with Gasteiger partial charge >= 0.3 is 0 Å². The second-order valence-corrected chi connectivity index (χ2v) is 7.39. The number of benzene rings is 1. The van der Waals surface area contributed by atoms with Crippen LogP contribution in [0.1, 0.15) is 24.5 Å². The number of halogens is 1. The van der Waals surface area contributed by atoms with Gasteiger partial charge in [0.1, 0.15) is 0 Å². The van der Waals surface area contributed by atoms with Gasteiger partial charge in [-0.2, -0.15) is 0 Å². The Morgan fingerprint density at radius 2 is 2.03 bits per heavy atom. The topological polar surface area (TPSA) is 78.9 Å². The molecule has 1 aromatic heterocycles. The summed E-state index contributed by atoms with van der Waals surface area (Å²) in [4.78, 5) is 23.2. The maximum atomic E-state index is 12.4. The number of guanidine groups is 1. The molecule has 0 radical (unpaired) electrons. The maximum Gasteiger partial charge on any atom is 0.223 e. The second kappa shape index (κ2) is 13.1. The van der Waals surface area contributed by atoms with E-state index in [9.17, 15) is 4.79 Å². The molecule has 3 rings (SSSR count). The minimum Gasteiger partial charge on any atom is -0.481 e. The predicted octanol–water partition coefficient (Wildman–Crippen LogP) is 2.85. The van der Waals surface area contributed by atoms with Crippen molar-refractivity contribution in [3.05, 3.63) is 59.8 Å². The molecule has 0 aliphatic carbocycles. The molecular weight excluding hydrogens is 505 g/mol. The number of hydrogen-bond donors (Lipinski definition) is 2. The number of aromatic nitrogens is 1. The van der Waals surface area contributed by atoms with Gasteiger partial charge in [0.15, 0.2) is 5.96 Å². The molecule has 0 spiro atoms.